The predicted molar refractivity (Wildman–Crippen MR) is 89.0 cm³/mol. The number of amides is 1. The summed E-state index contributed by atoms with van der Waals surface area (Å²) in [5.74, 6) is -0.0734. The molecular weight excluding hydrogens is 290 g/mol. The van der Waals surface area contributed by atoms with Crippen LogP contribution in [0.25, 0.3) is 5.69 Å². The molecule has 0 spiro atoms. The molecule has 1 atom stereocenters. The summed E-state index contributed by atoms with van der Waals surface area (Å²) in [5, 5.41) is 7.38. The van der Waals surface area contributed by atoms with Crippen LogP contribution in [0.2, 0.25) is 0 Å². The molecule has 0 unspecified atom stereocenters. The van der Waals surface area contributed by atoms with Gasteiger partial charge in [-0.1, -0.05) is 24.6 Å². The van der Waals surface area contributed by atoms with Crippen molar-refractivity contribution in [3.05, 3.63) is 47.3 Å². The van der Waals surface area contributed by atoms with E-state index in [-0.39, 0.29) is 12.0 Å². The van der Waals surface area contributed by atoms with Gasteiger partial charge in [0.15, 0.2) is 0 Å². The van der Waals surface area contributed by atoms with E-state index < -0.39 is 0 Å². The second-order valence-corrected chi connectivity index (χ2v) is 5.95. The minimum atomic E-state index is -0.0734. The van der Waals surface area contributed by atoms with Crippen LogP contribution < -0.4 is 5.32 Å². The van der Waals surface area contributed by atoms with Gasteiger partial charge in [-0.3, -0.25) is 4.79 Å². The maximum atomic E-state index is 12.5. The normalized spacial score (nSPS) is 17.4. The second-order valence-electron chi connectivity index (χ2n) is 5.95. The Balaban J connectivity index is 1.77. The van der Waals surface area contributed by atoms with Crippen LogP contribution in [0.15, 0.2) is 30.5 Å². The molecular formula is C18H23N3O2. The Bertz CT molecular complexity index is 670. The van der Waals surface area contributed by atoms with Crippen molar-refractivity contribution in [3.63, 3.8) is 0 Å². The molecule has 1 aromatic carbocycles. The Morgan fingerprint density at radius 2 is 2.17 bits per heavy atom. The number of nitrogens with zero attached hydrogens (tertiary/aromatic N) is 2. The van der Waals surface area contributed by atoms with Crippen molar-refractivity contribution >= 4 is 5.91 Å². The number of carbonyl (C=O) groups excluding carboxylic acids is 1. The molecule has 1 N–H and O–H groups in total. The maximum Gasteiger partial charge on any atom is 0.254 e. The molecule has 2 heterocycles. The molecule has 5 heteroatoms. The molecule has 1 aromatic heterocycles. The molecule has 0 aliphatic carbocycles. The number of carbonyl (C=O) groups is 1. The SMILES string of the molecule is CCc1c(C(=O)NC[C@@H]2CCCO2)cnn1-c1ccc(C)cc1. The van der Waals surface area contributed by atoms with E-state index in [9.17, 15) is 4.79 Å². The van der Waals surface area contributed by atoms with Crippen LogP contribution in [0.5, 0.6) is 0 Å². The summed E-state index contributed by atoms with van der Waals surface area (Å²) in [6, 6.07) is 8.15. The number of aromatic nitrogens is 2. The molecule has 1 aliphatic heterocycles. The summed E-state index contributed by atoms with van der Waals surface area (Å²) in [5.41, 5.74) is 3.75. The van der Waals surface area contributed by atoms with Crippen molar-refractivity contribution < 1.29 is 9.53 Å². The highest BCUT2D eigenvalue weighted by molar-refractivity contribution is 5.95. The van der Waals surface area contributed by atoms with Gasteiger partial charge in [-0.25, -0.2) is 4.68 Å². The van der Waals surface area contributed by atoms with Gasteiger partial charge in [0.25, 0.3) is 5.91 Å². The molecule has 122 valence electrons. The average Bonchev–Trinajstić information content (AvgIpc) is 3.22. The largest absolute Gasteiger partial charge is 0.376 e. The Labute approximate surface area is 136 Å². The molecule has 2 aromatic rings. The van der Waals surface area contributed by atoms with Crippen LogP contribution in [0, 0.1) is 6.92 Å². The highest BCUT2D eigenvalue weighted by Crippen LogP contribution is 2.17. The lowest BCUT2D eigenvalue weighted by molar-refractivity contribution is 0.0857. The first kappa shape index (κ1) is 15.7. The third kappa shape index (κ3) is 3.45. The Hall–Kier alpha value is -2.14. The van der Waals surface area contributed by atoms with Gasteiger partial charge in [0.1, 0.15) is 0 Å². The van der Waals surface area contributed by atoms with E-state index in [1.165, 1.54) is 5.56 Å². The standard InChI is InChI=1S/C18H23N3O2/c1-3-17-16(18(22)19-11-15-5-4-10-23-15)12-20-21(17)14-8-6-13(2)7-9-14/h6-9,12,15H,3-5,10-11H2,1-2H3,(H,19,22)/t15-/m0/s1. The molecule has 1 amide bonds. The van der Waals surface area contributed by atoms with Gasteiger partial charge < -0.3 is 10.1 Å². The van der Waals surface area contributed by atoms with Crippen LogP contribution >= 0.6 is 0 Å². The molecule has 0 bridgehead atoms. The van der Waals surface area contributed by atoms with E-state index in [1.807, 2.05) is 35.9 Å². The summed E-state index contributed by atoms with van der Waals surface area (Å²) in [7, 11) is 0. The van der Waals surface area contributed by atoms with E-state index in [0.717, 1.165) is 37.3 Å². The van der Waals surface area contributed by atoms with Crippen molar-refractivity contribution in [3.8, 4) is 5.69 Å². The molecule has 23 heavy (non-hydrogen) atoms. The van der Waals surface area contributed by atoms with Crippen LogP contribution in [0.4, 0.5) is 0 Å². The van der Waals surface area contributed by atoms with Crippen molar-refractivity contribution in [1.82, 2.24) is 15.1 Å². The summed E-state index contributed by atoms with van der Waals surface area (Å²) >= 11 is 0. The monoisotopic (exact) mass is 313 g/mol. The van der Waals surface area contributed by atoms with Crippen LogP contribution in [-0.4, -0.2) is 34.9 Å². The zero-order valence-corrected chi connectivity index (χ0v) is 13.7. The van der Waals surface area contributed by atoms with E-state index in [1.54, 1.807) is 6.20 Å². The molecule has 1 fully saturated rings. The number of nitrogens with one attached hydrogen (secondary N) is 1. The molecule has 0 saturated carbocycles. The van der Waals surface area contributed by atoms with Crippen molar-refractivity contribution in [1.29, 1.82) is 0 Å². The lowest BCUT2D eigenvalue weighted by Crippen LogP contribution is -2.32. The number of benzene rings is 1. The minimum absolute atomic E-state index is 0.0734. The molecule has 1 saturated heterocycles. The number of aryl methyl sites for hydroxylation is 1. The average molecular weight is 313 g/mol. The lowest BCUT2D eigenvalue weighted by atomic mass is 10.1. The Morgan fingerprint density at radius 3 is 2.83 bits per heavy atom. The highest BCUT2D eigenvalue weighted by Gasteiger charge is 2.20. The van der Waals surface area contributed by atoms with Crippen molar-refractivity contribution in [2.75, 3.05) is 13.2 Å². The molecule has 5 nitrogen and oxygen atoms in total. The molecule has 3 rings (SSSR count). The Morgan fingerprint density at radius 1 is 1.39 bits per heavy atom. The zero-order chi connectivity index (χ0) is 16.2. The van der Waals surface area contributed by atoms with Gasteiger partial charge in [-0.15, -0.1) is 0 Å². The van der Waals surface area contributed by atoms with Gasteiger partial charge in [-0.05, 0) is 38.3 Å². The van der Waals surface area contributed by atoms with Gasteiger partial charge in [-0.2, -0.15) is 5.10 Å². The predicted octanol–water partition coefficient (Wildman–Crippen LogP) is 2.65. The first-order valence-corrected chi connectivity index (χ1v) is 8.22. The summed E-state index contributed by atoms with van der Waals surface area (Å²) in [6.07, 6.45) is 4.64. The highest BCUT2D eigenvalue weighted by atomic mass is 16.5. The van der Waals surface area contributed by atoms with Gasteiger partial charge in [0.05, 0.1) is 29.2 Å². The smallest absolute Gasteiger partial charge is 0.254 e. The third-order valence-electron chi connectivity index (χ3n) is 4.24. The number of rotatable bonds is 5. The van der Waals surface area contributed by atoms with Crippen molar-refractivity contribution in [2.24, 2.45) is 0 Å². The van der Waals surface area contributed by atoms with E-state index in [0.29, 0.717) is 12.1 Å². The van der Waals surface area contributed by atoms with Crippen LogP contribution in [0.1, 0.15) is 41.4 Å². The molecule has 1 aliphatic rings. The van der Waals surface area contributed by atoms with E-state index >= 15 is 0 Å². The van der Waals surface area contributed by atoms with Crippen LogP contribution in [-0.2, 0) is 11.2 Å². The lowest BCUT2D eigenvalue weighted by Gasteiger charge is -2.11. The number of hydrogen-bond acceptors (Lipinski definition) is 3. The van der Waals surface area contributed by atoms with Crippen LogP contribution in [0.3, 0.4) is 0 Å². The minimum Gasteiger partial charge on any atom is -0.376 e. The topological polar surface area (TPSA) is 56.1 Å². The number of ether oxygens (including phenoxy) is 1. The summed E-state index contributed by atoms with van der Waals surface area (Å²) in [4.78, 5) is 12.5. The molecule has 0 radical (unpaired) electrons. The van der Waals surface area contributed by atoms with E-state index in [4.69, 9.17) is 4.74 Å². The van der Waals surface area contributed by atoms with Gasteiger partial charge in [0.2, 0.25) is 0 Å². The first-order chi connectivity index (χ1) is 11.2. The summed E-state index contributed by atoms with van der Waals surface area (Å²) < 4.78 is 7.39. The summed E-state index contributed by atoms with van der Waals surface area (Å²) in [6.45, 7) is 5.46. The second kappa shape index (κ2) is 6.96. The quantitative estimate of drug-likeness (QED) is 0.923. The number of hydrogen-bond donors (Lipinski definition) is 1. The first-order valence-electron chi connectivity index (χ1n) is 8.22. The fraction of sp³-hybridized carbons (Fsp3) is 0.444. The Kier molecular flexibility index (Phi) is 4.76. The third-order valence-corrected chi connectivity index (χ3v) is 4.24. The zero-order valence-electron chi connectivity index (χ0n) is 13.7. The fourth-order valence-electron chi connectivity index (χ4n) is 2.92. The van der Waals surface area contributed by atoms with E-state index in [2.05, 4.69) is 17.3 Å². The van der Waals surface area contributed by atoms with Gasteiger partial charge in [0, 0.05) is 13.2 Å². The fourth-order valence-corrected chi connectivity index (χ4v) is 2.92. The van der Waals surface area contributed by atoms with Gasteiger partial charge >= 0.3 is 0 Å². The maximum absolute atomic E-state index is 12.5. The van der Waals surface area contributed by atoms with Crippen molar-refractivity contribution in [2.45, 2.75) is 39.2 Å².